The van der Waals surface area contributed by atoms with Crippen LogP contribution in [0.4, 0.5) is 0 Å². The number of esters is 1. The third kappa shape index (κ3) is 3.50. The highest BCUT2D eigenvalue weighted by Crippen LogP contribution is 2.30. The zero-order chi connectivity index (χ0) is 13.0. The normalized spacial score (nSPS) is 10.4. The molecule has 0 atom stereocenters. The Morgan fingerprint density at radius 3 is 2.18 bits per heavy atom. The number of aryl methyl sites for hydroxylation is 2. The lowest BCUT2D eigenvalue weighted by molar-refractivity contribution is -0.139. The number of carbonyl (C=O) groups is 1. The van der Waals surface area contributed by atoms with E-state index in [9.17, 15) is 4.79 Å². The van der Waals surface area contributed by atoms with Gasteiger partial charge in [-0.1, -0.05) is 6.07 Å². The van der Waals surface area contributed by atoms with E-state index in [0.29, 0.717) is 12.4 Å². The summed E-state index contributed by atoms with van der Waals surface area (Å²) in [5.74, 6) is 0.244. The van der Waals surface area contributed by atoms with Crippen LogP contribution in [0, 0.1) is 27.7 Å². The topological polar surface area (TPSA) is 26.3 Å². The van der Waals surface area contributed by atoms with Gasteiger partial charge in [-0.15, -0.1) is 11.8 Å². The molecule has 0 spiro atoms. The predicted molar refractivity (Wildman–Crippen MR) is 72.7 cm³/mol. The summed E-state index contributed by atoms with van der Waals surface area (Å²) in [6.07, 6.45) is 0. The number of thioether (sulfide) groups is 1. The molecule has 0 aliphatic carbocycles. The van der Waals surface area contributed by atoms with Gasteiger partial charge in [-0.2, -0.15) is 0 Å². The third-order valence-electron chi connectivity index (χ3n) is 2.94. The van der Waals surface area contributed by atoms with Gasteiger partial charge in [0.2, 0.25) is 0 Å². The van der Waals surface area contributed by atoms with Crippen molar-refractivity contribution in [2.75, 3.05) is 12.4 Å². The fourth-order valence-corrected chi connectivity index (χ4v) is 2.83. The Labute approximate surface area is 108 Å². The minimum atomic E-state index is -0.143. The second-order valence-corrected chi connectivity index (χ2v) is 5.17. The van der Waals surface area contributed by atoms with Crippen molar-refractivity contribution < 1.29 is 9.53 Å². The molecule has 94 valence electrons. The lowest BCUT2D eigenvalue weighted by atomic mass is 10.0. The van der Waals surface area contributed by atoms with Crippen LogP contribution in [0.5, 0.6) is 0 Å². The predicted octanol–water partition coefficient (Wildman–Crippen LogP) is 3.58. The van der Waals surface area contributed by atoms with E-state index in [1.54, 1.807) is 11.8 Å². The molecule has 0 amide bonds. The highest BCUT2D eigenvalue weighted by Gasteiger charge is 2.11. The largest absolute Gasteiger partial charge is 0.465 e. The van der Waals surface area contributed by atoms with Crippen LogP contribution in [0.15, 0.2) is 11.0 Å². The van der Waals surface area contributed by atoms with E-state index in [1.165, 1.54) is 27.1 Å². The first-order valence-electron chi connectivity index (χ1n) is 5.83. The lowest BCUT2D eigenvalue weighted by Crippen LogP contribution is -2.07. The number of rotatable bonds is 4. The molecule has 0 N–H and O–H groups in total. The molecule has 0 fully saturated rings. The van der Waals surface area contributed by atoms with Crippen LogP contribution >= 0.6 is 11.8 Å². The molecule has 0 aliphatic heterocycles. The summed E-state index contributed by atoms with van der Waals surface area (Å²) in [5.41, 5.74) is 5.09. The summed E-state index contributed by atoms with van der Waals surface area (Å²) in [5, 5.41) is 0. The highest BCUT2D eigenvalue weighted by molar-refractivity contribution is 8.00. The summed E-state index contributed by atoms with van der Waals surface area (Å²) in [7, 11) is 0. The second-order valence-electron chi connectivity index (χ2n) is 4.18. The first-order chi connectivity index (χ1) is 7.97. The molecular formula is C14H20O2S. The Morgan fingerprint density at radius 2 is 1.71 bits per heavy atom. The Kier molecular flexibility index (Phi) is 5.06. The number of ether oxygens (including phenoxy) is 1. The maximum atomic E-state index is 11.4. The minimum absolute atomic E-state index is 0.143. The van der Waals surface area contributed by atoms with Gasteiger partial charge in [0, 0.05) is 4.90 Å². The summed E-state index contributed by atoms with van der Waals surface area (Å²) in [6.45, 7) is 10.7. The van der Waals surface area contributed by atoms with Crippen molar-refractivity contribution in [2.24, 2.45) is 0 Å². The van der Waals surface area contributed by atoms with Crippen LogP contribution in [0.1, 0.15) is 29.2 Å². The Morgan fingerprint density at radius 1 is 1.18 bits per heavy atom. The summed E-state index contributed by atoms with van der Waals surface area (Å²) < 4.78 is 4.94. The minimum Gasteiger partial charge on any atom is -0.465 e. The Bertz CT molecular complexity index is 398. The molecular weight excluding hydrogens is 232 g/mol. The van der Waals surface area contributed by atoms with E-state index in [2.05, 4.69) is 33.8 Å². The molecule has 17 heavy (non-hydrogen) atoms. The second kappa shape index (κ2) is 6.10. The van der Waals surface area contributed by atoms with Crippen LogP contribution in [0.25, 0.3) is 0 Å². The smallest absolute Gasteiger partial charge is 0.316 e. The molecule has 0 aromatic heterocycles. The van der Waals surface area contributed by atoms with E-state index < -0.39 is 0 Å². The first kappa shape index (κ1) is 14.1. The Balaban J connectivity index is 2.87. The lowest BCUT2D eigenvalue weighted by Gasteiger charge is -2.14. The standard InChI is InChI=1S/C14H20O2S/c1-6-16-13(15)8-17-14-11(4)9(2)7-10(3)12(14)5/h7H,6,8H2,1-5H3. The van der Waals surface area contributed by atoms with Crippen molar-refractivity contribution in [3.63, 3.8) is 0 Å². The van der Waals surface area contributed by atoms with Gasteiger partial charge in [0.05, 0.1) is 12.4 Å². The number of hydrogen-bond acceptors (Lipinski definition) is 3. The molecule has 0 aliphatic rings. The average molecular weight is 252 g/mol. The zero-order valence-corrected chi connectivity index (χ0v) is 12.0. The van der Waals surface area contributed by atoms with Gasteiger partial charge in [-0.3, -0.25) is 4.79 Å². The van der Waals surface area contributed by atoms with Crippen LogP contribution < -0.4 is 0 Å². The maximum absolute atomic E-state index is 11.4. The van der Waals surface area contributed by atoms with Crippen LogP contribution in [-0.2, 0) is 9.53 Å². The van der Waals surface area contributed by atoms with Crippen LogP contribution in [0.2, 0.25) is 0 Å². The summed E-state index contributed by atoms with van der Waals surface area (Å²) >= 11 is 1.58. The number of benzene rings is 1. The number of hydrogen-bond donors (Lipinski definition) is 0. The molecule has 0 unspecified atom stereocenters. The molecule has 2 nitrogen and oxygen atoms in total. The van der Waals surface area contributed by atoms with Crippen molar-refractivity contribution in [2.45, 2.75) is 39.5 Å². The van der Waals surface area contributed by atoms with Gasteiger partial charge in [-0.25, -0.2) is 0 Å². The molecule has 0 heterocycles. The summed E-state index contributed by atoms with van der Waals surface area (Å²) in [6, 6.07) is 2.19. The molecule has 0 saturated heterocycles. The molecule has 1 aromatic carbocycles. The quantitative estimate of drug-likeness (QED) is 0.605. The number of carbonyl (C=O) groups excluding carboxylic acids is 1. The molecule has 0 radical (unpaired) electrons. The molecule has 0 bridgehead atoms. The van der Waals surface area contributed by atoms with E-state index >= 15 is 0 Å². The van der Waals surface area contributed by atoms with Gasteiger partial charge in [0.25, 0.3) is 0 Å². The molecule has 3 heteroatoms. The highest BCUT2D eigenvalue weighted by atomic mass is 32.2. The fraction of sp³-hybridized carbons (Fsp3) is 0.500. The van der Waals surface area contributed by atoms with Gasteiger partial charge in [0.1, 0.15) is 0 Å². The van der Waals surface area contributed by atoms with Gasteiger partial charge in [0.15, 0.2) is 0 Å². The van der Waals surface area contributed by atoms with Gasteiger partial charge >= 0.3 is 5.97 Å². The first-order valence-corrected chi connectivity index (χ1v) is 6.81. The van der Waals surface area contributed by atoms with Crippen LogP contribution in [0.3, 0.4) is 0 Å². The monoisotopic (exact) mass is 252 g/mol. The van der Waals surface area contributed by atoms with Crippen LogP contribution in [-0.4, -0.2) is 18.3 Å². The zero-order valence-electron chi connectivity index (χ0n) is 11.2. The van der Waals surface area contributed by atoms with Crippen molar-refractivity contribution in [1.29, 1.82) is 0 Å². The summed E-state index contributed by atoms with van der Waals surface area (Å²) in [4.78, 5) is 12.6. The fourth-order valence-electron chi connectivity index (χ4n) is 1.73. The van der Waals surface area contributed by atoms with Gasteiger partial charge < -0.3 is 4.74 Å². The van der Waals surface area contributed by atoms with E-state index in [-0.39, 0.29) is 5.97 Å². The Hall–Kier alpha value is -0.960. The van der Waals surface area contributed by atoms with E-state index in [4.69, 9.17) is 4.74 Å². The van der Waals surface area contributed by atoms with Crippen molar-refractivity contribution >= 4 is 17.7 Å². The maximum Gasteiger partial charge on any atom is 0.316 e. The van der Waals surface area contributed by atoms with E-state index in [0.717, 1.165) is 0 Å². The van der Waals surface area contributed by atoms with Crippen molar-refractivity contribution in [3.8, 4) is 0 Å². The molecule has 0 saturated carbocycles. The van der Waals surface area contributed by atoms with Crippen molar-refractivity contribution in [1.82, 2.24) is 0 Å². The SMILES string of the molecule is CCOC(=O)CSc1c(C)c(C)cc(C)c1C. The molecule has 1 aromatic rings. The molecule has 1 rings (SSSR count). The van der Waals surface area contributed by atoms with E-state index in [1.807, 2.05) is 6.92 Å². The van der Waals surface area contributed by atoms with Crippen molar-refractivity contribution in [3.05, 3.63) is 28.3 Å². The van der Waals surface area contributed by atoms with Gasteiger partial charge in [-0.05, 0) is 56.9 Å². The average Bonchev–Trinajstić information content (AvgIpc) is 2.27. The third-order valence-corrected chi connectivity index (χ3v) is 4.22.